The van der Waals surface area contributed by atoms with Crippen LogP contribution in [0.3, 0.4) is 0 Å². The van der Waals surface area contributed by atoms with E-state index in [0.717, 1.165) is 17.7 Å². The molecule has 0 spiro atoms. The number of non-ortho nitro benzene ring substituents is 1. The number of benzene rings is 2. The molecule has 140 valence electrons. The fraction of sp³-hybridized carbons (Fsp3) is 0. The zero-order valence-corrected chi connectivity index (χ0v) is 14.4. The lowest BCUT2D eigenvalue weighted by molar-refractivity contribution is -0.384. The monoisotopic (exact) mass is 378 g/mol. The summed E-state index contributed by atoms with van der Waals surface area (Å²) in [7, 11) is 0. The van der Waals surface area contributed by atoms with E-state index in [1.54, 1.807) is 12.1 Å². The quantitative estimate of drug-likeness (QED) is 0.383. The third kappa shape index (κ3) is 4.31. The van der Waals surface area contributed by atoms with Gasteiger partial charge in [-0.2, -0.15) is 0 Å². The second kappa shape index (κ2) is 8.00. The zero-order valence-electron chi connectivity index (χ0n) is 14.4. The number of nitro groups is 1. The molecular weight excluding hydrogens is 364 g/mol. The van der Waals surface area contributed by atoms with Crippen LogP contribution in [0.2, 0.25) is 0 Å². The Balaban J connectivity index is 1.80. The molecule has 1 aromatic heterocycles. The molecule has 0 aliphatic carbocycles. The zero-order chi connectivity index (χ0) is 20.1. The maximum atomic E-state index is 12.2. The van der Waals surface area contributed by atoms with Gasteiger partial charge in [0.2, 0.25) is 0 Å². The first-order valence-corrected chi connectivity index (χ1v) is 8.10. The average Bonchev–Trinajstić information content (AvgIpc) is 3.16. The first kappa shape index (κ1) is 18.6. The molecule has 8 heteroatoms. The minimum Gasteiger partial charge on any atom is -0.477 e. The van der Waals surface area contributed by atoms with E-state index < -0.39 is 22.5 Å². The maximum Gasteiger partial charge on any atom is 0.352 e. The number of hydrogen-bond donors (Lipinski definition) is 2. The fourth-order valence-electron chi connectivity index (χ4n) is 2.41. The minimum atomic E-state index is -1.35. The highest BCUT2D eigenvalue weighted by molar-refractivity contribution is 6.02. The predicted molar refractivity (Wildman–Crippen MR) is 100 cm³/mol. The summed E-state index contributed by atoms with van der Waals surface area (Å²) < 4.78 is 5.61. The molecule has 0 fully saturated rings. The Bertz CT molecular complexity index is 1050. The smallest absolute Gasteiger partial charge is 0.352 e. The number of carboxylic acid groups (broad SMARTS) is 1. The topological polar surface area (TPSA) is 123 Å². The van der Waals surface area contributed by atoms with E-state index in [9.17, 15) is 24.8 Å². The van der Waals surface area contributed by atoms with E-state index in [0.29, 0.717) is 5.76 Å². The van der Waals surface area contributed by atoms with Crippen LogP contribution in [-0.4, -0.2) is 21.9 Å². The summed E-state index contributed by atoms with van der Waals surface area (Å²) in [6.07, 6.45) is 1.19. The summed E-state index contributed by atoms with van der Waals surface area (Å²) in [6.45, 7) is 0. The SMILES string of the molecule is O=C(O)/C(=C/c1ccc(-c2ccccc2)o1)NC(=O)c1ccc([N+](=O)[O-])cc1. The van der Waals surface area contributed by atoms with Crippen molar-refractivity contribution in [2.75, 3.05) is 0 Å². The Morgan fingerprint density at radius 3 is 2.29 bits per heavy atom. The summed E-state index contributed by atoms with van der Waals surface area (Å²) in [4.78, 5) is 33.8. The van der Waals surface area contributed by atoms with E-state index in [1.165, 1.54) is 18.2 Å². The lowest BCUT2D eigenvalue weighted by Crippen LogP contribution is -2.27. The van der Waals surface area contributed by atoms with Gasteiger partial charge in [-0.15, -0.1) is 0 Å². The van der Waals surface area contributed by atoms with Crippen LogP contribution in [0.25, 0.3) is 17.4 Å². The molecule has 0 saturated heterocycles. The van der Waals surface area contributed by atoms with Crippen molar-refractivity contribution in [2.45, 2.75) is 0 Å². The molecule has 0 aliphatic rings. The highest BCUT2D eigenvalue weighted by atomic mass is 16.6. The molecule has 0 unspecified atom stereocenters. The van der Waals surface area contributed by atoms with E-state index in [4.69, 9.17) is 4.42 Å². The van der Waals surface area contributed by atoms with Gasteiger partial charge in [-0.05, 0) is 24.3 Å². The van der Waals surface area contributed by atoms with Crippen molar-refractivity contribution in [3.05, 3.63) is 93.9 Å². The van der Waals surface area contributed by atoms with Gasteiger partial charge in [0, 0.05) is 29.3 Å². The standard InChI is InChI=1S/C20H14N2O6/c23-19(14-6-8-15(9-7-14)22(26)27)21-17(20(24)25)12-16-10-11-18(28-16)13-4-2-1-3-5-13/h1-12H,(H,21,23)(H,24,25)/b17-12-. The van der Waals surface area contributed by atoms with E-state index in [1.807, 2.05) is 30.3 Å². The fourth-order valence-corrected chi connectivity index (χ4v) is 2.41. The number of nitrogens with zero attached hydrogens (tertiary/aromatic N) is 1. The Hall–Kier alpha value is -4.20. The van der Waals surface area contributed by atoms with Gasteiger partial charge in [-0.3, -0.25) is 14.9 Å². The van der Waals surface area contributed by atoms with Gasteiger partial charge >= 0.3 is 5.97 Å². The van der Waals surface area contributed by atoms with Gasteiger partial charge < -0.3 is 14.8 Å². The first-order chi connectivity index (χ1) is 13.4. The van der Waals surface area contributed by atoms with Gasteiger partial charge in [0.1, 0.15) is 17.2 Å². The van der Waals surface area contributed by atoms with Crippen molar-refractivity contribution >= 4 is 23.6 Å². The summed E-state index contributed by atoms with van der Waals surface area (Å²) in [5.41, 5.74) is 0.350. The highest BCUT2D eigenvalue weighted by Crippen LogP contribution is 2.23. The molecule has 0 radical (unpaired) electrons. The second-order valence-electron chi connectivity index (χ2n) is 5.69. The average molecular weight is 378 g/mol. The van der Waals surface area contributed by atoms with Gasteiger partial charge in [-0.25, -0.2) is 4.79 Å². The number of amides is 1. The normalized spacial score (nSPS) is 11.1. The van der Waals surface area contributed by atoms with E-state index >= 15 is 0 Å². The molecular formula is C20H14N2O6. The molecule has 8 nitrogen and oxygen atoms in total. The summed E-state index contributed by atoms with van der Waals surface area (Å²) in [5, 5.41) is 22.3. The minimum absolute atomic E-state index is 0.0853. The number of nitro benzene ring substituents is 1. The lowest BCUT2D eigenvalue weighted by Gasteiger charge is -2.05. The maximum absolute atomic E-state index is 12.2. The van der Waals surface area contributed by atoms with Crippen LogP contribution in [0.4, 0.5) is 5.69 Å². The molecule has 1 amide bonds. The van der Waals surface area contributed by atoms with Crippen LogP contribution >= 0.6 is 0 Å². The molecule has 2 N–H and O–H groups in total. The Morgan fingerprint density at radius 2 is 1.68 bits per heavy atom. The van der Waals surface area contributed by atoms with Crippen LogP contribution in [0.1, 0.15) is 16.1 Å². The summed E-state index contributed by atoms with van der Waals surface area (Å²) in [6, 6.07) is 17.4. The van der Waals surface area contributed by atoms with Crippen molar-refractivity contribution in [3.8, 4) is 11.3 Å². The molecule has 3 aromatic rings. The van der Waals surface area contributed by atoms with Crippen molar-refractivity contribution in [1.82, 2.24) is 5.32 Å². The van der Waals surface area contributed by atoms with Gasteiger partial charge in [0.15, 0.2) is 0 Å². The molecule has 0 aliphatic heterocycles. The molecule has 2 aromatic carbocycles. The number of carboxylic acids is 1. The van der Waals surface area contributed by atoms with Crippen LogP contribution < -0.4 is 5.32 Å². The third-order valence-corrected chi connectivity index (χ3v) is 3.79. The van der Waals surface area contributed by atoms with Crippen LogP contribution in [-0.2, 0) is 4.79 Å². The number of rotatable bonds is 6. The molecule has 1 heterocycles. The molecule has 28 heavy (non-hydrogen) atoms. The van der Waals surface area contributed by atoms with Crippen molar-refractivity contribution in [3.63, 3.8) is 0 Å². The predicted octanol–water partition coefficient (Wildman–Crippen LogP) is 3.71. The van der Waals surface area contributed by atoms with E-state index in [2.05, 4.69) is 5.32 Å². The number of aliphatic carboxylic acids is 1. The molecule has 0 atom stereocenters. The molecule has 3 rings (SSSR count). The van der Waals surface area contributed by atoms with Gasteiger partial charge in [0.25, 0.3) is 11.6 Å². The van der Waals surface area contributed by atoms with Crippen LogP contribution in [0, 0.1) is 10.1 Å². The Labute approximate surface area is 158 Å². The van der Waals surface area contributed by atoms with Gasteiger partial charge in [0.05, 0.1) is 4.92 Å². The Kier molecular flexibility index (Phi) is 5.31. The van der Waals surface area contributed by atoms with E-state index in [-0.39, 0.29) is 17.0 Å². The molecule has 0 bridgehead atoms. The number of carbonyl (C=O) groups excluding carboxylic acids is 1. The lowest BCUT2D eigenvalue weighted by atomic mass is 10.2. The van der Waals surface area contributed by atoms with Crippen molar-refractivity contribution in [1.29, 1.82) is 0 Å². The number of nitrogens with one attached hydrogen (secondary N) is 1. The van der Waals surface area contributed by atoms with Gasteiger partial charge in [-0.1, -0.05) is 30.3 Å². The number of carbonyl (C=O) groups is 2. The highest BCUT2D eigenvalue weighted by Gasteiger charge is 2.16. The first-order valence-electron chi connectivity index (χ1n) is 8.10. The summed E-state index contributed by atoms with van der Waals surface area (Å²) in [5.74, 6) is -1.26. The molecule has 0 saturated carbocycles. The largest absolute Gasteiger partial charge is 0.477 e. The number of hydrogen-bond acceptors (Lipinski definition) is 5. The third-order valence-electron chi connectivity index (χ3n) is 3.79. The van der Waals surface area contributed by atoms with Crippen molar-refractivity contribution < 1.29 is 24.0 Å². The van der Waals surface area contributed by atoms with Crippen molar-refractivity contribution in [2.24, 2.45) is 0 Å². The summed E-state index contributed by atoms with van der Waals surface area (Å²) >= 11 is 0. The van der Waals surface area contributed by atoms with Crippen LogP contribution in [0.15, 0.2) is 76.8 Å². The number of furan rings is 1. The Morgan fingerprint density at radius 1 is 1.00 bits per heavy atom. The second-order valence-corrected chi connectivity index (χ2v) is 5.69. The van der Waals surface area contributed by atoms with Crippen LogP contribution in [0.5, 0.6) is 0 Å².